The fourth-order valence-corrected chi connectivity index (χ4v) is 4.10. The van der Waals surface area contributed by atoms with Crippen LogP contribution in [-0.2, 0) is 19.7 Å². The number of aliphatic hydroxyl groups is 2. The molecule has 32 heavy (non-hydrogen) atoms. The summed E-state index contributed by atoms with van der Waals surface area (Å²) < 4.78 is 30.6. The molecule has 0 fully saturated rings. The van der Waals surface area contributed by atoms with Crippen LogP contribution in [0.2, 0.25) is 0 Å². The molecule has 0 spiro atoms. The molecule has 0 aliphatic heterocycles. The van der Waals surface area contributed by atoms with Crippen LogP contribution < -0.4 is 0 Å². The van der Waals surface area contributed by atoms with E-state index in [4.69, 9.17) is 9.66 Å². The number of carbonyl (C=O) groups is 2. The molecule has 1 unspecified atom stereocenters. The Morgan fingerprint density at radius 1 is 0.906 bits per heavy atom. The molecule has 4 N–H and O–H groups in total. The lowest BCUT2D eigenvalue weighted by atomic mass is 10.1. The number of hydrogen-bond donors (Lipinski definition) is 4. The molecule has 0 rings (SSSR count). The number of carbonyl (C=O) groups excluding carboxylic acids is 1. The van der Waals surface area contributed by atoms with E-state index in [-0.39, 0.29) is 38.7 Å². The maximum absolute atomic E-state index is 12.5. The molecule has 1 amide bonds. The molecule has 0 radical (unpaired) electrons. The molecule has 0 aliphatic carbocycles. The quantitative estimate of drug-likeness (QED) is 0.140. The average Bonchev–Trinajstić information content (AvgIpc) is 2.67. The Morgan fingerprint density at radius 3 is 1.97 bits per heavy atom. The molecular formula is C21H42N2O8S. The lowest BCUT2D eigenvalue weighted by Crippen LogP contribution is -2.45. The van der Waals surface area contributed by atoms with Gasteiger partial charge in [0, 0.05) is 32.6 Å². The van der Waals surface area contributed by atoms with Crippen molar-refractivity contribution in [2.24, 2.45) is 0 Å². The third-order valence-electron chi connectivity index (χ3n) is 5.13. The molecule has 0 aliphatic rings. The summed E-state index contributed by atoms with van der Waals surface area (Å²) in [6, 6.07) is 0. The predicted molar refractivity (Wildman–Crippen MR) is 122 cm³/mol. The highest BCUT2D eigenvalue weighted by Crippen LogP contribution is 2.11. The smallest absolute Gasteiger partial charge is 0.317 e. The van der Waals surface area contributed by atoms with Gasteiger partial charge in [0.1, 0.15) is 5.75 Å². The van der Waals surface area contributed by atoms with Gasteiger partial charge in [0.05, 0.1) is 19.3 Å². The third-order valence-corrected chi connectivity index (χ3v) is 5.94. The molecule has 190 valence electrons. The van der Waals surface area contributed by atoms with Gasteiger partial charge < -0.3 is 20.2 Å². The molecule has 0 heterocycles. The Hall–Kier alpha value is -1.27. The minimum absolute atomic E-state index is 0.0817. The van der Waals surface area contributed by atoms with Crippen LogP contribution >= 0.6 is 0 Å². The fourth-order valence-electron chi connectivity index (χ4n) is 3.51. The van der Waals surface area contributed by atoms with E-state index in [1.165, 1.54) is 41.9 Å². The minimum Gasteiger partial charge on any atom is -0.480 e. The Kier molecular flexibility index (Phi) is 17.5. The van der Waals surface area contributed by atoms with Crippen molar-refractivity contribution in [3.05, 3.63) is 0 Å². The van der Waals surface area contributed by atoms with Crippen LogP contribution in [0, 0.1) is 0 Å². The summed E-state index contributed by atoms with van der Waals surface area (Å²) in [5, 5.41) is 28.1. The molecule has 0 aromatic rings. The van der Waals surface area contributed by atoms with Crippen molar-refractivity contribution in [1.29, 1.82) is 0 Å². The molecule has 0 saturated heterocycles. The van der Waals surface area contributed by atoms with Crippen molar-refractivity contribution in [2.75, 3.05) is 45.1 Å². The monoisotopic (exact) mass is 482 g/mol. The first-order chi connectivity index (χ1) is 15.1. The van der Waals surface area contributed by atoms with E-state index in [9.17, 15) is 28.2 Å². The number of nitrogens with zero attached hydrogens (tertiary/aromatic N) is 2. The Labute approximate surface area is 192 Å². The average molecular weight is 483 g/mol. The normalized spacial score (nSPS) is 12.8. The Balaban J connectivity index is 4.44. The van der Waals surface area contributed by atoms with Crippen LogP contribution in [0.15, 0.2) is 0 Å². The van der Waals surface area contributed by atoms with Crippen molar-refractivity contribution >= 4 is 22.0 Å². The zero-order valence-electron chi connectivity index (χ0n) is 19.3. The summed E-state index contributed by atoms with van der Waals surface area (Å²) in [4.78, 5) is 26.3. The Morgan fingerprint density at radius 2 is 1.47 bits per heavy atom. The molecule has 1 atom stereocenters. The summed E-state index contributed by atoms with van der Waals surface area (Å²) >= 11 is 0. The van der Waals surface area contributed by atoms with E-state index in [1.54, 1.807) is 0 Å². The van der Waals surface area contributed by atoms with E-state index >= 15 is 0 Å². The molecule has 10 nitrogen and oxygen atoms in total. The fraction of sp³-hybridized carbons (Fsp3) is 0.905. The first-order valence-corrected chi connectivity index (χ1v) is 13.2. The predicted octanol–water partition coefficient (Wildman–Crippen LogP) is 1.36. The molecular weight excluding hydrogens is 440 g/mol. The van der Waals surface area contributed by atoms with E-state index < -0.39 is 34.5 Å². The van der Waals surface area contributed by atoms with Gasteiger partial charge in [-0.05, 0) is 6.42 Å². The SMILES string of the molecule is CCCCCCCCCCCC(=O)N(CCO)CCN(CC(=O)O)CC(O)CS(=O)(=O)O. The number of hydrogen-bond acceptors (Lipinski definition) is 7. The van der Waals surface area contributed by atoms with Gasteiger partial charge in [-0.25, -0.2) is 0 Å². The highest BCUT2D eigenvalue weighted by molar-refractivity contribution is 7.85. The van der Waals surface area contributed by atoms with Crippen LogP contribution in [0.25, 0.3) is 0 Å². The lowest BCUT2D eigenvalue weighted by molar-refractivity contribution is -0.138. The largest absolute Gasteiger partial charge is 0.480 e. The van der Waals surface area contributed by atoms with Gasteiger partial charge in [-0.15, -0.1) is 0 Å². The third kappa shape index (κ3) is 18.3. The van der Waals surface area contributed by atoms with Crippen molar-refractivity contribution in [3.8, 4) is 0 Å². The van der Waals surface area contributed by atoms with Gasteiger partial charge >= 0.3 is 5.97 Å². The molecule has 0 aromatic carbocycles. The number of aliphatic hydroxyl groups excluding tert-OH is 2. The van der Waals surface area contributed by atoms with E-state index in [1.807, 2.05) is 0 Å². The Bertz CT molecular complexity index is 615. The van der Waals surface area contributed by atoms with Crippen molar-refractivity contribution in [3.63, 3.8) is 0 Å². The van der Waals surface area contributed by atoms with Crippen LogP contribution in [0.3, 0.4) is 0 Å². The van der Waals surface area contributed by atoms with Crippen molar-refractivity contribution in [2.45, 2.75) is 77.2 Å². The van der Waals surface area contributed by atoms with E-state index in [0.29, 0.717) is 6.42 Å². The molecule has 0 saturated carbocycles. The topological polar surface area (TPSA) is 156 Å². The van der Waals surface area contributed by atoms with Gasteiger partial charge in [0.25, 0.3) is 10.1 Å². The number of amides is 1. The zero-order chi connectivity index (χ0) is 24.4. The van der Waals surface area contributed by atoms with Crippen molar-refractivity contribution in [1.82, 2.24) is 9.80 Å². The van der Waals surface area contributed by atoms with Crippen LogP contribution in [0.5, 0.6) is 0 Å². The second-order valence-corrected chi connectivity index (χ2v) is 9.71. The first-order valence-electron chi connectivity index (χ1n) is 11.5. The van der Waals surface area contributed by atoms with Gasteiger partial charge in [0.2, 0.25) is 5.91 Å². The summed E-state index contributed by atoms with van der Waals surface area (Å²) in [5.74, 6) is -2.20. The highest BCUT2D eigenvalue weighted by Gasteiger charge is 2.21. The van der Waals surface area contributed by atoms with Gasteiger partial charge in [-0.3, -0.25) is 19.0 Å². The summed E-state index contributed by atoms with van der Waals surface area (Å²) in [6.45, 7) is 1.56. The summed E-state index contributed by atoms with van der Waals surface area (Å²) in [5.41, 5.74) is 0. The highest BCUT2D eigenvalue weighted by atomic mass is 32.2. The number of rotatable bonds is 21. The second kappa shape index (κ2) is 18.2. The number of carboxylic acid groups (broad SMARTS) is 1. The summed E-state index contributed by atoms with van der Waals surface area (Å²) in [6.07, 6.45) is 9.08. The van der Waals surface area contributed by atoms with Crippen LogP contribution in [0.1, 0.15) is 71.1 Å². The maximum atomic E-state index is 12.5. The standard InChI is InChI=1S/C21H42N2O8S/c1-2-3-4-5-6-7-8-9-10-11-20(26)23(14-15-24)13-12-22(17-21(27)28)16-19(25)18-32(29,30)31/h19,24-25H,2-18H2,1H3,(H,27,28)(H,29,30,31). The van der Waals surface area contributed by atoms with E-state index in [0.717, 1.165) is 25.7 Å². The van der Waals surface area contributed by atoms with Gasteiger partial charge in [0.15, 0.2) is 0 Å². The van der Waals surface area contributed by atoms with Crippen molar-refractivity contribution < 1.29 is 37.9 Å². The molecule has 0 aromatic heterocycles. The lowest BCUT2D eigenvalue weighted by Gasteiger charge is -2.27. The minimum atomic E-state index is -4.40. The number of aliphatic carboxylic acids is 1. The van der Waals surface area contributed by atoms with Gasteiger partial charge in [-0.1, -0.05) is 58.3 Å². The van der Waals surface area contributed by atoms with E-state index in [2.05, 4.69) is 6.92 Å². The number of unbranched alkanes of at least 4 members (excludes halogenated alkanes) is 8. The van der Waals surface area contributed by atoms with Crippen LogP contribution in [0.4, 0.5) is 0 Å². The first kappa shape index (κ1) is 30.7. The number of carboxylic acids is 1. The van der Waals surface area contributed by atoms with Crippen LogP contribution in [-0.4, -0.2) is 101 Å². The van der Waals surface area contributed by atoms with Gasteiger partial charge in [-0.2, -0.15) is 8.42 Å². The molecule has 11 heteroatoms. The second-order valence-electron chi connectivity index (χ2n) is 8.21. The summed E-state index contributed by atoms with van der Waals surface area (Å²) in [7, 11) is -4.40. The zero-order valence-corrected chi connectivity index (χ0v) is 20.1. The maximum Gasteiger partial charge on any atom is 0.317 e. The molecule has 0 bridgehead atoms.